The predicted octanol–water partition coefficient (Wildman–Crippen LogP) is 3.98. The first kappa shape index (κ1) is 25.7. The van der Waals surface area contributed by atoms with Gasteiger partial charge in [-0.1, -0.05) is 25.4 Å². The number of ether oxygens (including phenoxy) is 1. The number of nitrogens with one attached hydrogen (secondary N) is 1. The van der Waals surface area contributed by atoms with E-state index in [1.54, 1.807) is 4.52 Å². The number of hydrogen-bond acceptors (Lipinski definition) is 6. The standard InChI is InChI=1S/C28H30ClN5O3.ClH/c1-15-6-17(29)8-20(19(15)9-18-10-30-13-28(37-18)4-5-28)24-21-7-16(12-34(21)32-14-31-24)11-33-25(35)22-23(26(33)36)27(22,2)3;/h6-8,12,14,18,22-23,30H,4-5,9-11,13H2,1-3H3;1H. The van der Waals surface area contributed by atoms with Crippen molar-refractivity contribution in [1.29, 1.82) is 0 Å². The molecule has 0 bridgehead atoms. The smallest absolute Gasteiger partial charge is 0.233 e. The van der Waals surface area contributed by atoms with Crippen molar-refractivity contribution in [3.63, 3.8) is 0 Å². The molecule has 0 radical (unpaired) electrons. The Hall–Kier alpha value is -2.52. The van der Waals surface area contributed by atoms with E-state index >= 15 is 0 Å². The second-order valence-corrected chi connectivity index (χ2v) is 12.3. The highest BCUT2D eigenvalue weighted by atomic mass is 35.5. The van der Waals surface area contributed by atoms with Gasteiger partial charge in [0.05, 0.1) is 41.3 Å². The Bertz CT molecular complexity index is 1460. The number of morpholine rings is 1. The molecule has 2 aromatic heterocycles. The van der Waals surface area contributed by atoms with Crippen LogP contribution in [0.25, 0.3) is 16.8 Å². The lowest BCUT2D eigenvalue weighted by atomic mass is 9.93. The zero-order valence-electron chi connectivity index (χ0n) is 21.7. The van der Waals surface area contributed by atoms with E-state index in [-0.39, 0.29) is 59.7 Å². The third-order valence-corrected chi connectivity index (χ3v) is 9.08. The largest absolute Gasteiger partial charge is 0.369 e. The van der Waals surface area contributed by atoms with E-state index in [4.69, 9.17) is 16.3 Å². The van der Waals surface area contributed by atoms with Crippen LogP contribution in [0.1, 0.15) is 43.4 Å². The molecule has 4 fully saturated rings. The molecule has 1 aromatic carbocycles. The summed E-state index contributed by atoms with van der Waals surface area (Å²) in [5.74, 6) is -0.501. The van der Waals surface area contributed by atoms with Crippen molar-refractivity contribution in [3.8, 4) is 11.3 Å². The van der Waals surface area contributed by atoms with Gasteiger partial charge in [0.2, 0.25) is 11.8 Å². The number of amides is 2. The molecule has 2 saturated carbocycles. The van der Waals surface area contributed by atoms with Gasteiger partial charge in [0, 0.05) is 36.3 Å². The lowest BCUT2D eigenvalue weighted by molar-refractivity contribution is -0.143. The van der Waals surface area contributed by atoms with Crippen LogP contribution in [0.3, 0.4) is 0 Å². The van der Waals surface area contributed by atoms with Crippen LogP contribution in [-0.4, -0.2) is 56.1 Å². The number of aromatic nitrogens is 3. The first-order valence-electron chi connectivity index (χ1n) is 13.0. The highest BCUT2D eigenvalue weighted by molar-refractivity contribution is 6.31. The molecular weight excluding hydrogens is 525 g/mol. The number of aryl methyl sites for hydroxylation is 1. The fourth-order valence-corrected chi connectivity index (χ4v) is 6.82. The number of rotatable bonds is 5. The van der Waals surface area contributed by atoms with Crippen molar-refractivity contribution >= 4 is 41.3 Å². The molecule has 4 heterocycles. The molecule has 2 aliphatic carbocycles. The molecule has 1 spiro atoms. The molecule has 2 aliphatic heterocycles. The number of fused-ring (bicyclic) bond motifs is 2. The van der Waals surface area contributed by atoms with Crippen LogP contribution in [0.4, 0.5) is 0 Å². The molecule has 2 saturated heterocycles. The molecule has 10 heteroatoms. The van der Waals surface area contributed by atoms with Crippen LogP contribution >= 0.6 is 24.0 Å². The zero-order chi connectivity index (χ0) is 25.7. The minimum Gasteiger partial charge on any atom is -0.369 e. The van der Waals surface area contributed by atoms with Gasteiger partial charge in [0.25, 0.3) is 0 Å². The van der Waals surface area contributed by atoms with Crippen LogP contribution in [0, 0.1) is 24.2 Å². The summed E-state index contributed by atoms with van der Waals surface area (Å²) in [5, 5.41) is 8.61. The maximum atomic E-state index is 12.9. The van der Waals surface area contributed by atoms with Crippen LogP contribution in [0.15, 0.2) is 30.7 Å². The van der Waals surface area contributed by atoms with Gasteiger partial charge in [0.15, 0.2) is 0 Å². The number of benzene rings is 1. The van der Waals surface area contributed by atoms with Gasteiger partial charge in [-0.25, -0.2) is 9.50 Å². The lowest BCUT2D eigenvalue weighted by Gasteiger charge is -2.32. The van der Waals surface area contributed by atoms with E-state index < -0.39 is 0 Å². The Labute approximate surface area is 232 Å². The van der Waals surface area contributed by atoms with Crippen molar-refractivity contribution in [1.82, 2.24) is 24.8 Å². The molecule has 200 valence electrons. The molecule has 3 unspecified atom stereocenters. The first-order valence-corrected chi connectivity index (χ1v) is 13.4. The lowest BCUT2D eigenvalue weighted by Crippen LogP contribution is -2.47. The summed E-state index contributed by atoms with van der Waals surface area (Å²) in [4.78, 5) is 31.8. The Morgan fingerprint density at radius 2 is 1.89 bits per heavy atom. The number of halogens is 2. The van der Waals surface area contributed by atoms with Gasteiger partial charge in [-0.2, -0.15) is 5.10 Å². The number of likely N-dealkylation sites (tertiary alicyclic amines) is 1. The van der Waals surface area contributed by atoms with Gasteiger partial charge in [-0.05, 0) is 60.1 Å². The number of carbonyl (C=O) groups is 2. The minimum absolute atomic E-state index is 0. The summed E-state index contributed by atoms with van der Waals surface area (Å²) in [6, 6.07) is 5.93. The Balaban J connectivity index is 0.00000264. The molecule has 3 atom stereocenters. The maximum Gasteiger partial charge on any atom is 0.233 e. The number of imide groups is 1. The van der Waals surface area contributed by atoms with E-state index in [0.717, 1.165) is 65.8 Å². The normalized spacial score (nSPS) is 26.5. The maximum absolute atomic E-state index is 12.9. The molecule has 4 aliphatic rings. The molecule has 8 nitrogen and oxygen atoms in total. The predicted molar refractivity (Wildman–Crippen MR) is 145 cm³/mol. The third-order valence-electron chi connectivity index (χ3n) is 8.86. The summed E-state index contributed by atoms with van der Waals surface area (Å²) >= 11 is 6.54. The van der Waals surface area contributed by atoms with Crippen LogP contribution in [0.5, 0.6) is 0 Å². The fraction of sp³-hybridized carbons (Fsp3) is 0.500. The van der Waals surface area contributed by atoms with Gasteiger partial charge in [0.1, 0.15) is 6.33 Å². The van der Waals surface area contributed by atoms with Crippen LogP contribution < -0.4 is 5.32 Å². The van der Waals surface area contributed by atoms with Gasteiger partial charge >= 0.3 is 0 Å². The van der Waals surface area contributed by atoms with Gasteiger partial charge in [-0.15, -0.1) is 12.4 Å². The number of piperidine rings is 1. The molecule has 2 amide bonds. The second kappa shape index (κ2) is 8.74. The summed E-state index contributed by atoms with van der Waals surface area (Å²) in [6.45, 7) is 8.05. The average molecular weight is 556 g/mol. The van der Waals surface area contributed by atoms with Crippen molar-refractivity contribution in [2.45, 2.75) is 58.3 Å². The number of nitrogens with zero attached hydrogens (tertiary/aromatic N) is 4. The van der Waals surface area contributed by atoms with E-state index in [9.17, 15) is 9.59 Å². The van der Waals surface area contributed by atoms with Crippen molar-refractivity contribution < 1.29 is 14.3 Å². The highest BCUT2D eigenvalue weighted by Gasteiger charge is 2.72. The molecular formula is C28H31Cl2N5O3. The van der Waals surface area contributed by atoms with E-state index in [2.05, 4.69) is 22.3 Å². The highest BCUT2D eigenvalue weighted by Crippen LogP contribution is 2.63. The van der Waals surface area contributed by atoms with Crippen LogP contribution in [0.2, 0.25) is 5.02 Å². The SMILES string of the molecule is Cc1cc(Cl)cc(-c2ncnn3cc(CN4C(=O)C5C(C4=O)C5(C)C)cc23)c1CC1CNCC2(CC2)O1.Cl. The summed E-state index contributed by atoms with van der Waals surface area (Å²) in [5.41, 5.74) is 5.44. The fourth-order valence-electron chi connectivity index (χ4n) is 6.55. The minimum atomic E-state index is -0.216. The monoisotopic (exact) mass is 555 g/mol. The summed E-state index contributed by atoms with van der Waals surface area (Å²) in [7, 11) is 0. The van der Waals surface area contributed by atoms with Gasteiger partial charge in [-0.3, -0.25) is 14.5 Å². The van der Waals surface area contributed by atoms with Crippen molar-refractivity contribution in [2.24, 2.45) is 17.3 Å². The molecule has 7 rings (SSSR count). The van der Waals surface area contributed by atoms with Crippen molar-refractivity contribution in [2.75, 3.05) is 13.1 Å². The van der Waals surface area contributed by atoms with E-state index in [1.807, 2.05) is 38.2 Å². The molecule has 1 N–H and O–H groups in total. The van der Waals surface area contributed by atoms with E-state index in [1.165, 1.54) is 11.2 Å². The third kappa shape index (κ3) is 3.96. The second-order valence-electron chi connectivity index (χ2n) is 11.8. The average Bonchev–Trinajstić information content (AvgIpc) is 3.61. The van der Waals surface area contributed by atoms with Crippen LogP contribution in [-0.2, 0) is 27.3 Å². The summed E-state index contributed by atoms with van der Waals surface area (Å²) in [6.07, 6.45) is 6.48. The van der Waals surface area contributed by atoms with E-state index in [0.29, 0.717) is 5.02 Å². The number of carbonyl (C=O) groups excluding carboxylic acids is 2. The zero-order valence-corrected chi connectivity index (χ0v) is 23.2. The molecule has 3 aromatic rings. The Morgan fingerprint density at radius 1 is 1.16 bits per heavy atom. The summed E-state index contributed by atoms with van der Waals surface area (Å²) < 4.78 is 8.24. The quantitative estimate of drug-likeness (QED) is 0.479. The van der Waals surface area contributed by atoms with Crippen molar-refractivity contribution in [3.05, 3.63) is 52.4 Å². The Kier molecular flexibility index (Phi) is 5.92. The number of hydrogen-bond donors (Lipinski definition) is 1. The molecule has 38 heavy (non-hydrogen) atoms. The Morgan fingerprint density at radius 3 is 2.61 bits per heavy atom. The topological polar surface area (TPSA) is 88.8 Å². The first-order chi connectivity index (χ1) is 17.7. The van der Waals surface area contributed by atoms with Gasteiger partial charge < -0.3 is 10.1 Å².